The average Bonchev–Trinajstić information content (AvgIpc) is 3.49. The van der Waals surface area contributed by atoms with Crippen molar-refractivity contribution in [1.82, 2.24) is 0 Å². The first-order valence-electron chi connectivity index (χ1n) is 35.7. The fourth-order valence-electron chi connectivity index (χ4n) is 10.2. The van der Waals surface area contributed by atoms with Gasteiger partial charge in [0, 0.05) is 19.3 Å². The highest BCUT2D eigenvalue weighted by Gasteiger charge is 2.19. The lowest BCUT2D eigenvalue weighted by Crippen LogP contribution is -2.30. The second-order valence-electron chi connectivity index (χ2n) is 23.8. The summed E-state index contributed by atoms with van der Waals surface area (Å²) in [5.74, 6) is -0.876. The maximum absolute atomic E-state index is 13.0. The molecule has 0 aliphatic carbocycles. The molecule has 0 aromatic carbocycles. The second kappa shape index (κ2) is 70.8. The molecule has 0 amide bonds. The van der Waals surface area contributed by atoms with Crippen LogP contribution in [0.5, 0.6) is 0 Å². The van der Waals surface area contributed by atoms with Gasteiger partial charge in [0.1, 0.15) is 13.2 Å². The van der Waals surface area contributed by atoms with Gasteiger partial charge in [-0.1, -0.05) is 330 Å². The van der Waals surface area contributed by atoms with Gasteiger partial charge in [-0.05, 0) is 103 Å². The fourth-order valence-corrected chi connectivity index (χ4v) is 10.2. The van der Waals surface area contributed by atoms with E-state index in [0.717, 1.165) is 109 Å². The molecule has 0 bridgehead atoms. The van der Waals surface area contributed by atoms with Crippen LogP contribution in [0, 0.1) is 0 Å². The smallest absolute Gasteiger partial charge is 0.306 e. The molecule has 0 rings (SSSR count). The lowest BCUT2D eigenvalue weighted by atomic mass is 10.0. The molecule has 1 unspecified atom stereocenters. The minimum absolute atomic E-state index is 0.0796. The first-order valence-corrected chi connectivity index (χ1v) is 35.7. The van der Waals surface area contributed by atoms with Gasteiger partial charge in [-0.3, -0.25) is 14.4 Å². The Kier molecular flexibility index (Phi) is 67.7. The van der Waals surface area contributed by atoms with E-state index >= 15 is 0 Å². The van der Waals surface area contributed by atoms with Gasteiger partial charge < -0.3 is 14.2 Å². The Bertz CT molecular complexity index is 1610. The van der Waals surface area contributed by atoms with E-state index in [2.05, 4.69) is 118 Å². The zero-order chi connectivity index (χ0) is 59.9. The maximum Gasteiger partial charge on any atom is 0.306 e. The predicted octanol–water partition coefficient (Wildman–Crippen LogP) is 24.8. The molecule has 83 heavy (non-hydrogen) atoms. The SMILES string of the molecule is CC/C=C\C/C=C\C/C=C\C/C=C\C/C=C\C/C=C\C/C=C\CCCCCCCCCC(=O)OCC(COC(=O)CCCCCCCCC/C=C\CCCCCCCC)OC(=O)CCCCCCCCCCCCCCCCCCCCC. The molecule has 0 radical (unpaired) electrons. The molecule has 6 nitrogen and oxygen atoms in total. The summed E-state index contributed by atoms with van der Waals surface area (Å²) in [5.41, 5.74) is 0. The minimum Gasteiger partial charge on any atom is -0.462 e. The normalized spacial score (nSPS) is 12.7. The summed E-state index contributed by atoms with van der Waals surface area (Å²) in [6.45, 7) is 6.56. The quantitative estimate of drug-likeness (QED) is 0.0261. The topological polar surface area (TPSA) is 78.9 Å². The van der Waals surface area contributed by atoms with E-state index in [0.29, 0.717) is 19.3 Å². The monoisotopic (exact) mass is 1160 g/mol. The molecule has 0 aliphatic rings. The number of carbonyl (C=O) groups excluding carboxylic acids is 3. The predicted molar refractivity (Wildman–Crippen MR) is 362 cm³/mol. The Morgan fingerprint density at radius 1 is 0.253 bits per heavy atom. The van der Waals surface area contributed by atoms with Crippen LogP contribution in [-0.2, 0) is 28.6 Å². The molecule has 0 aromatic rings. The summed E-state index contributed by atoms with van der Waals surface area (Å²) in [7, 11) is 0. The largest absolute Gasteiger partial charge is 0.462 e. The van der Waals surface area contributed by atoms with E-state index < -0.39 is 6.10 Å². The van der Waals surface area contributed by atoms with Crippen molar-refractivity contribution in [3.8, 4) is 0 Å². The second-order valence-corrected chi connectivity index (χ2v) is 23.8. The Labute approximate surface area is 515 Å². The van der Waals surface area contributed by atoms with Crippen molar-refractivity contribution in [2.45, 2.75) is 361 Å². The first-order chi connectivity index (χ1) is 41.0. The van der Waals surface area contributed by atoms with E-state index in [4.69, 9.17) is 14.2 Å². The van der Waals surface area contributed by atoms with Crippen molar-refractivity contribution in [3.63, 3.8) is 0 Å². The van der Waals surface area contributed by atoms with Crippen molar-refractivity contribution in [2.75, 3.05) is 13.2 Å². The third-order valence-electron chi connectivity index (χ3n) is 15.6. The number of unbranched alkanes of at least 4 members (excludes halogenated alkanes) is 38. The Balaban J connectivity index is 4.36. The lowest BCUT2D eigenvalue weighted by Gasteiger charge is -2.18. The van der Waals surface area contributed by atoms with Crippen LogP contribution in [0.15, 0.2) is 97.2 Å². The molecular weight excluding hydrogens is 1020 g/mol. The van der Waals surface area contributed by atoms with Crippen molar-refractivity contribution in [2.24, 2.45) is 0 Å². The molecule has 478 valence electrons. The Morgan fingerprint density at radius 3 is 0.747 bits per heavy atom. The maximum atomic E-state index is 13.0. The molecule has 0 N–H and O–H groups in total. The zero-order valence-electron chi connectivity index (χ0n) is 54.9. The van der Waals surface area contributed by atoms with Gasteiger partial charge in [0.25, 0.3) is 0 Å². The molecule has 0 saturated heterocycles. The van der Waals surface area contributed by atoms with Crippen LogP contribution >= 0.6 is 0 Å². The van der Waals surface area contributed by atoms with Gasteiger partial charge in [-0.15, -0.1) is 0 Å². The van der Waals surface area contributed by atoms with Gasteiger partial charge in [-0.25, -0.2) is 0 Å². The summed E-state index contributed by atoms with van der Waals surface area (Å²) in [5, 5.41) is 0. The molecule has 0 aliphatic heterocycles. The van der Waals surface area contributed by atoms with Gasteiger partial charge in [0.05, 0.1) is 0 Å². The van der Waals surface area contributed by atoms with Gasteiger partial charge in [0.2, 0.25) is 0 Å². The van der Waals surface area contributed by atoms with E-state index in [9.17, 15) is 14.4 Å². The third kappa shape index (κ3) is 69.0. The summed E-state index contributed by atoms with van der Waals surface area (Å²) in [6, 6.07) is 0. The van der Waals surface area contributed by atoms with Crippen molar-refractivity contribution >= 4 is 17.9 Å². The fraction of sp³-hybridized carbons (Fsp3) is 0.753. The number of rotatable bonds is 65. The van der Waals surface area contributed by atoms with Crippen molar-refractivity contribution in [1.29, 1.82) is 0 Å². The third-order valence-corrected chi connectivity index (χ3v) is 15.6. The minimum atomic E-state index is -0.785. The summed E-state index contributed by atoms with van der Waals surface area (Å²) >= 11 is 0. The average molecular weight is 1160 g/mol. The van der Waals surface area contributed by atoms with Gasteiger partial charge in [-0.2, -0.15) is 0 Å². The van der Waals surface area contributed by atoms with E-state index in [1.54, 1.807) is 0 Å². The van der Waals surface area contributed by atoms with E-state index in [1.165, 1.54) is 205 Å². The first kappa shape index (κ1) is 79.3. The molecule has 0 spiro atoms. The number of esters is 3. The highest BCUT2D eigenvalue weighted by Crippen LogP contribution is 2.17. The summed E-state index contributed by atoms with van der Waals surface area (Å²) in [4.78, 5) is 38.5. The number of allylic oxidation sites excluding steroid dienone is 16. The Morgan fingerprint density at radius 2 is 0.470 bits per heavy atom. The molecule has 0 aromatic heterocycles. The Hall–Kier alpha value is -3.67. The zero-order valence-corrected chi connectivity index (χ0v) is 54.9. The van der Waals surface area contributed by atoms with Crippen LogP contribution in [0.25, 0.3) is 0 Å². The van der Waals surface area contributed by atoms with E-state index in [-0.39, 0.29) is 31.1 Å². The van der Waals surface area contributed by atoms with Gasteiger partial charge >= 0.3 is 17.9 Å². The molecule has 1 atom stereocenters. The summed E-state index contributed by atoms with van der Waals surface area (Å²) in [6.07, 6.45) is 95.7. The van der Waals surface area contributed by atoms with E-state index in [1.807, 2.05) is 0 Å². The van der Waals surface area contributed by atoms with Crippen LogP contribution in [-0.4, -0.2) is 37.2 Å². The molecule has 0 heterocycles. The molecular formula is C77H134O6. The standard InChI is InChI=1S/C77H134O6/c1-4-7-10-13-16-19-22-25-28-31-33-34-35-36-37-38-39-40-41-42-44-46-49-52-55-58-61-64-67-70-76(79)82-73-74(72-81-75(78)69-66-63-60-57-54-51-48-45-30-27-24-21-18-15-12-9-6-3)83-77(80)71-68-65-62-59-56-53-50-47-43-32-29-26-23-20-17-14-11-8-5-2/h7,10,16,19,25,27-28,30,33-34,36-37,39-40,42,44,74H,4-6,8-9,11-15,17-18,20-24,26,29,31-32,35,38,41,43,45-73H2,1-3H3/b10-7-,19-16-,28-25-,30-27-,34-33-,37-36-,40-39-,44-42-. The molecule has 6 heteroatoms. The molecule has 0 saturated carbocycles. The van der Waals surface area contributed by atoms with Crippen LogP contribution in [0.2, 0.25) is 0 Å². The number of ether oxygens (including phenoxy) is 3. The van der Waals surface area contributed by atoms with Crippen molar-refractivity contribution < 1.29 is 28.6 Å². The van der Waals surface area contributed by atoms with Crippen LogP contribution in [0.3, 0.4) is 0 Å². The number of carbonyl (C=O) groups is 3. The lowest BCUT2D eigenvalue weighted by molar-refractivity contribution is -0.167. The van der Waals surface area contributed by atoms with Crippen LogP contribution in [0.4, 0.5) is 0 Å². The van der Waals surface area contributed by atoms with Crippen LogP contribution in [0.1, 0.15) is 355 Å². The van der Waals surface area contributed by atoms with Gasteiger partial charge in [0.15, 0.2) is 6.10 Å². The highest BCUT2D eigenvalue weighted by molar-refractivity contribution is 5.71. The highest BCUT2D eigenvalue weighted by atomic mass is 16.6. The number of hydrogen-bond donors (Lipinski definition) is 0. The van der Waals surface area contributed by atoms with Crippen molar-refractivity contribution in [3.05, 3.63) is 97.2 Å². The summed E-state index contributed by atoms with van der Waals surface area (Å²) < 4.78 is 17.0. The van der Waals surface area contributed by atoms with Crippen LogP contribution < -0.4 is 0 Å². The molecule has 0 fully saturated rings. The number of hydrogen-bond acceptors (Lipinski definition) is 6.